The Balaban J connectivity index is 1.86. The fraction of sp³-hybridized carbons (Fsp3) is 0.0625. The second kappa shape index (κ2) is 5.69. The van der Waals surface area contributed by atoms with Gasteiger partial charge in [0.05, 0.1) is 17.4 Å². The Bertz CT molecular complexity index is 827. The Kier molecular flexibility index (Phi) is 3.57. The highest BCUT2D eigenvalue weighted by atomic mass is 16.4. The lowest BCUT2D eigenvalue weighted by Crippen LogP contribution is -2.33. The topological polar surface area (TPSA) is 95.1 Å². The van der Waals surface area contributed by atoms with Gasteiger partial charge in [0.1, 0.15) is 0 Å². The van der Waals surface area contributed by atoms with E-state index in [2.05, 4.69) is 15.3 Å². The normalized spacial score (nSPS) is 12.0. The number of fused-ring (bicyclic) bond motifs is 1. The quantitative estimate of drug-likeness (QED) is 0.687. The molecular weight excluding hydrogens is 282 g/mol. The number of H-pyrrole nitrogens is 1. The predicted octanol–water partition coefficient (Wildman–Crippen LogP) is 2.12. The van der Waals surface area contributed by atoms with Crippen LogP contribution in [0.2, 0.25) is 0 Å². The summed E-state index contributed by atoms with van der Waals surface area (Å²) in [7, 11) is 0. The van der Waals surface area contributed by atoms with E-state index in [1.54, 1.807) is 48.5 Å². The molecule has 6 heteroatoms. The molecule has 0 aliphatic heterocycles. The Morgan fingerprint density at radius 2 is 1.91 bits per heavy atom. The van der Waals surface area contributed by atoms with Gasteiger partial charge in [0.25, 0.3) is 5.91 Å². The molecule has 0 aliphatic rings. The highest BCUT2D eigenvalue weighted by Crippen LogP contribution is 2.16. The Labute approximate surface area is 125 Å². The van der Waals surface area contributed by atoms with Crippen LogP contribution >= 0.6 is 0 Å². The van der Waals surface area contributed by atoms with Gasteiger partial charge in [-0.1, -0.05) is 30.3 Å². The average molecular weight is 295 g/mol. The molecule has 0 aliphatic carbocycles. The number of hydrogen-bond donors (Lipinski definition) is 3. The largest absolute Gasteiger partial charge is 0.479 e. The molecule has 3 aromatic rings. The van der Waals surface area contributed by atoms with Crippen molar-refractivity contribution < 1.29 is 14.7 Å². The van der Waals surface area contributed by atoms with E-state index >= 15 is 0 Å². The van der Waals surface area contributed by atoms with Crippen LogP contribution in [0.3, 0.4) is 0 Å². The van der Waals surface area contributed by atoms with E-state index in [4.69, 9.17) is 0 Å². The smallest absolute Gasteiger partial charge is 0.330 e. The fourth-order valence-electron chi connectivity index (χ4n) is 2.22. The number of hydrogen-bond acceptors (Lipinski definition) is 3. The van der Waals surface area contributed by atoms with Gasteiger partial charge >= 0.3 is 5.97 Å². The molecule has 1 heterocycles. The molecule has 6 nitrogen and oxygen atoms in total. The number of nitrogens with one attached hydrogen (secondary N) is 2. The molecule has 0 spiro atoms. The molecule has 0 radical (unpaired) electrons. The van der Waals surface area contributed by atoms with E-state index in [0.29, 0.717) is 16.6 Å². The first-order chi connectivity index (χ1) is 10.6. The Morgan fingerprint density at radius 1 is 1.14 bits per heavy atom. The van der Waals surface area contributed by atoms with Crippen molar-refractivity contribution in [2.75, 3.05) is 0 Å². The van der Waals surface area contributed by atoms with Crippen molar-refractivity contribution in [3.8, 4) is 0 Å². The van der Waals surface area contributed by atoms with Gasteiger partial charge in [-0.05, 0) is 23.8 Å². The summed E-state index contributed by atoms with van der Waals surface area (Å²) in [6.07, 6.45) is 1.54. The minimum absolute atomic E-state index is 0.363. The number of aromatic nitrogens is 2. The summed E-state index contributed by atoms with van der Waals surface area (Å²) < 4.78 is 0. The first-order valence-corrected chi connectivity index (χ1v) is 6.67. The van der Waals surface area contributed by atoms with Crippen LogP contribution in [0.1, 0.15) is 22.0 Å². The number of aromatic amines is 1. The third kappa shape index (κ3) is 2.67. The molecule has 0 saturated carbocycles. The van der Waals surface area contributed by atoms with Crippen LogP contribution in [-0.4, -0.2) is 27.0 Å². The highest BCUT2D eigenvalue weighted by Gasteiger charge is 2.22. The summed E-state index contributed by atoms with van der Waals surface area (Å²) in [5.41, 5.74) is 2.35. The van der Waals surface area contributed by atoms with Crippen molar-refractivity contribution in [3.05, 3.63) is 66.0 Å². The molecule has 3 rings (SSSR count). The molecule has 2 aromatic carbocycles. The van der Waals surface area contributed by atoms with Crippen LogP contribution < -0.4 is 5.32 Å². The van der Waals surface area contributed by atoms with Gasteiger partial charge in [-0.25, -0.2) is 9.78 Å². The molecule has 3 N–H and O–H groups in total. The number of carbonyl (C=O) groups is 2. The van der Waals surface area contributed by atoms with E-state index < -0.39 is 17.9 Å². The van der Waals surface area contributed by atoms with Crippen LogP contribution in [0.15, 0.2) is 54.9 Å². The zero-order chi connectivity index (χ0) is 15.5. The number of amides is 1. The Hall–Kier alpha value is -3.15. The Morgan fingerprint density at radius 3 is 2.64 bits per heavy atom. The second-order valence-corrected chi connectivity index (χ2v) is 4.79. The zero-order valence-corrected chi connectivity index (χ0v) is 11.5. The highest BCUT2D eigenvalue weighted by molar-refractivity contribution is 5.99. The lowest BCUT2D eigenvalue weighted by atomic mass is 10.1. The molecular formula is C16H13N3O3. The monoisotopic (exact) mass is 295 g/mol. The number of aliphatic carboxylic acids is 1. The molecule has 1 aromatic heterocycles. The number of rotatable bonds is 4. The van der Waals surface area contributed by atoms with Crippen molar-refractivity contribution in [3.63, 3.8) is 0 Å². The van der Waals surface area contributed by atoms with Crippen molar-refractivity contribution in [2.45, 2.75) is 6.04 Å². The van der Waals surface area contributed by atoms with Crippen LogP contribution in [-0.2, 0) is 4.79 Å². The van der Waals surface area contributed by atoms with Gasteiger partial charge in [0.2, 0.25) is 0 Å². The van der Waals surface area contributed by atoms with Gasteiger partial charge in [-0.3, -0.25) is 4.79 Å². The summed E-state index contributed by atoms with van der Waals surface area (Å²) >= 11 is 0. The number of carbonyl (C=O) groups excluding carboxylic acids is 1. The molecule has 110 valence electrons. The van der Waals surface area contributed by atoms with Gasteiger partial charge in [0.15, 0.2) is 6.04 Å². The summed E-state index contributed by atoms with van der Waals surface area (Å²) in [6, 6.07) is 12.5. The number of carboxylic acids is 1. The third-order valence-corrected chi connectivity index (χ3v) is 3.34. The van der Waals surface area contributed by atoms with E-state index in [1.807, 2.05) is 0 Å². The van der Waals surface area contributed by atoms with Crippen LogP contribution in [0, 0.1) is 0 Å². The third-order valence-electron chi connectivity index (χ3n) is 3.34. The number of nitrogens with zero attached hydrogens (tertiary/aromatic N) is 1. The maximum atomic E-state index is 12.3. The van der Waals surface area contributed by atoms with Gasteiger partial charge in [-0.15, -0.1) is 0 Å². The molecule has 1 amide bonds. The molecule has 0 unspecified atom stereocenters. The molecule has 0 fully saturated rings. The standard InChI is InChI=1S/C16H13N3O3/c20-15(11-6-7-12-13(8-11)18-9-17-12)19-14(16(21)22)10-4-2-1-3-5-10/h1-9,14H,(H,17,18)(H,19,20)(H,21,22)/t14-/m0/s1. The minimum atomic E-state index is -1.11. The minimum Gasteiger partial charge on any atom is -0.479 e. The van der Waals surface area contributed by atoms with Crippen molar-refractivity contribution >= 4 is 22.9 Å². The maximum absolute atomic E-state index is 12.3. The summed E-state index contributed by atoms with van der Waals surface area (Å²) in [6.45, 7) is 0. The molecule has 1 atom stereocenters. The number of carboxylic acid groups (broad SMARTS) is 1. The van der Waals surface area contributed by atoms with Crippen LogP contribution in [0.5, 0.6) is 0 Å². The lowest BCUT2D eigenvalue weighted by molar-refractivity contribution is -0.139. The second-order valence-electron chi connectivity index (χ2n) is 4.79. The van der Waals surface area contributed by atoms with Crippen LogP contribution in [0.25, 0.3) is 11.0 Å². The van der Waals surface area contributed by atoms with E-state index in [9.17, 15) is 14.7 Å². The predicted molar refractivity (Wildman–Crippen MR) is 80.4 cm³/mol. The van der Waals surface area contributed by atoms with E-state index in [-0.39, 0.29) is 0 Å². The first-order valence-electron chi connectivity index (χ1n) is 6.67. The van der Waals surface area contributed by atoms with Crippen molar-refractivity contribution in [1.29, 1.82) is 0 Å². The fourth-order valence-corrected chi connectivity index (χ4v) is 2.22. The molecule has 22 heavy (non-hydrogen) atoms. The van der Waals surface area contributed by atoms with Crippen LogP contribution in [0.4, 0.5) is 0 Å². The molecule has 0 bridgehead atoms. The van der Waals surface area contributed by atoms with E-state index in [1.165, 1.54) is 6.33 Å². The first kappa shape index (κ1) is 13.8. The van der Waals surface area contributed by atoms with Crippen molar-refractivity contribution in [1.82, 2.24) is 15.3 Å². The molecule has 0 saturated heterocycles. The summed E-state index contributed by atoms with van der Waals surface area (Å²) in [5.74, 6) is -1.57. The average Bonchev–Trinajstić information content (AvgIpc) is 3.00. The van der Waals surface area contributed by atoms with Gasteiger partial charge in [0, 0.05) is 5.56 Å². The maximum Gasteiger partial charge on any atom is 0.330 e. The lowest BCUT2D eigenvalue weighted by Gasteiger charge is -2.14. The van der Waals surface area contributed by atoms with Gasteiger partial charge < -0.3 is 15.4 Å². The summed E-state index contributed by atoms with van der Waals surface area (Å²) in [4.78, 5) is 30.7. The van der Waals surface area contributed by atoms with Gasteiger partial charge in [-0.2, -0.15) is 0 Å². The summed E-state index contributed by atoms with van der Waals surface area (Å²) in [5, 5.41) is 11.9. The number of benzene rings is 2. The zero-order valence-electron chi connectivity index (χ0n) is 11.5. The van der Waals surface area contributed by atoms with E-state index in [0.717, 1.165) is 5.52 Å². The van der Waals surface area contributed by atoms with Crippen molar-refractivity contribution in [2.24, 2.45) is 0 Å². The SMILES string of the molecule is O=C(N[C@H](C(=O)O)c1ccccc1)c1ccc2[nH]cnc2c1. The number of imidazole rings is 1.